The van der Waals surface area contributed by atoms with Gasteiger partial charge >= 0.3 is 0 Å². The van der Waals surface area contributed by atoms with Crippen LogP contribution in [-0.4, -0.2) is 21.8 Å². The van der Waals surface area contributed by atoms with Crippen LogP contribution in [0, 0.1) is 0 Å². The number of ether oxygens (including phenoxy) is 2. The highest BCUT2D eigenvalue weighted by Crippen LogP contribution is 2.36. The Bertz CT molecular complexity index is 607. The molecule has 0 saturated carbocycles. The number of aromatic nitrogens is 3. The molecule has 2 heterocycles. The fourth-order valence-electron chi connectivity index (χ4n) is 2.17. The van der Waals surface area contributed by atoms with Gasteiger partial charge in [-0.2, -0.15) is 0 Å². The molecule has 1 aromatic carbocycles. The van der Waals surface area contributed by atoms with Gasteiger partial charge in [-0.15, -0.1) is 5.10 Å². The molecule has 0 bridgehead atoms. The quantitative estimate of drug-likeness (QED) is 0.909. The van der Waals surface area contributed by atoms with Gasteiger partial charge < -0.3 is 15.2 Å². The molecule has 0 spiro atoms. The number of nitrogens with two attached hydrogens (primary N) is 1. The highest BCUT2D eigenvalue weighted by Gasteiger charge is 2.19. The molecule has 0 radical (unpaired) electrons. The number of hydrogen-bond acceptors (Lipinski definition) is 5. The minimum atomic E-state index is 0.216. The van der Waals surface area contributed by atoms with Crippen LogP contribution in [0.25, 0.3) is 11.3 Å². The molecular weight excluding hydrogens is 244 g/mol. The monoisotopic (exact) mass is 260 g/mol. The van der Waals surface area contributed by atoms with Crippen LogP contribution in [-0.2, 0) is 6.54 Å². The molecule has 0 atom stereocenters. The van der Waals surface area contributed by atoms with Crippen molar-refractivity contribution < 1.29 is 9.47 Å². The summed E-state index contributed by atoms with van der Waals surface area (Å²) in [4.78, 5) is 0. The van der Waals surface area contributed by atoms with Crippen molar-refractivity contribution in [3.8, 4) is 22.8 Å². The molecule has 2 aromatic rings. The van der Waals surface area contributed by atoms with E-state index in [-0.39, 0.29) is 12.8 Å². The van der Waals surface area contributed by atoms with E-state index >= 15 is 0 Å². The van der Waals surface area contributed by atoms with E-state index in [0.29, 0.717) is 6.54 Å². The molecule has 1 aliphatic rings. The van der Waals surface area contributed by atoms with Crippen LogP contribution >= 0.6 is 0 Å². The van der Waals surface area contributed by atoms with Gasteiger partial charge in [0.05, 0.1) is 5.69 Å². The average molecular weight is 260 g/mol. The largest absolute Gasteiger partial charge is 0.454 e. The van der Waals surface area contributed by atoms with Crippen LogP contribution in [0.15, 0.2) is 18.2 Å². The number of hydrogen-bond donors (Lipinski definition) is 1. The zero-order valence-corrected chi connectivity index (χ0v) is 11.0. The molecule has 1 aromatic heterocycles. The number of fused-ring (bicyclic) bond motifs is 1. The highest BCUT2D eigenvalue weighted by atomic mass is 16.7. The van der Waals surface area contributed by atoms with Crippen LogP contribution in [0.5, 0.6) is 11.5 Å². The third-order valence-electron chi connectivity index (χ3n) is 3.09. The predicted octanol–water partition coefficient (Wildman–Crippen LogP) is 1.71. The van der Waals surface area contributed by atoms with Crippen molar-refractivity contribution in [3.63, 3.8) is 0 Å². The minimum absolute atomic E-state index is 0.216. The molecule has 100 valence electrons. The summed E-state index contributed by atoms with van der Waals surface area (Å²) in [5.74, 6) is 1.51. The van der Waals surface area contributed by atoms with Gasteiger partial charge in [-0.1, -0.05) is 5.21 Å². The fraction of sp³-hybridized carbons (Fsp3) is 0.385. The van der Waals surface area contributed by atoms with Crippen LogP contribution in [0.3, 0.4) is 0 Å². The van der Waals surface area contributed by atoms with Crippen molar-refractivity contribution in [1.82, 2.24) is 15.0 Å². The van der Waals surface area contributed by atoms with Crippen molar-refractivity contribution >= 4 is 0 Å². The van der Waals surface area contributed by atoms with Gasteiger partial charge in [0.25, 0.3) is 0 Å². The predicted molar refractivity (Wildman–Crippen MR) is 69.9 cm³/mol. The second-order valence-corrected chi connectivity index (χ2v) is 4.70. The normalized spacial score (nSPS) is 13.3. The molecular formula is C13H16N4O2. The van der Waals surface area contributed by atoms with Crippen molar-refractivity contribution in [2.75, 3.05) is 6.79 Å². The van der Waals surface area contributed by atoms with E-state index in [0.717, 1.165) is 28.5 Å². The molecule has 0 amide bonds. The van der Waals surface area contributed by atoms with Gasteiger partial charge in [0.2, 0.25) is 6.79 Å². The Morgan fingerprint density at radius 3 is 2.84 bits per heavy atom. The molecule has 6 heteroatoms. The first kappa shape index (κ1) is 12.0. The smallest absolute Gasteiger partial charge is 0.231 e. The Balaban J connectivity index is 2.13. The molecule has 0 fully saturated rings. The molecule has 0 saturated heterocycles. The van der Waals surface area contributed by atoms with E-state index in [1.54, 1.807) is 0 Å². The standard InChI is InChI=1S/C13H16N4O2/c1-8(2)17-13(10(6-14)15-16-17)9-3-4-11-12(5-9)19-7-18-11/h3-5,8H,6-7,14H2,1-2H3. The first-order valence-corrected chi connectivity index (χ1v) is 6.25. The lowest BCUT2D eigenvalue weighted by atomic mass is 10.1. The van der Waals surface area contributed by atoms with Crippen LogP contribution in [0.4, 0.5) is 0 Å². The van der Waals surface area contributed by atoms with E-state index in [1.807, 2.05) is 22.9 Å². The maximum atomic E-state index is 5.74. The van der Waals surface area contributed by atoms with E-state index in [4.69, 9.17) is 15.2 Å². The van der Waals surface area contributed by atoms with Gasteiger partial charge in [-0.3, -0.25) is 0 Å². The zero-order valence-electron chi connectivity index (χ0n) is 11.0. The fourth-order valence-corrected chi connectivity index (χ4v) is 2.17. The lowest BCUT2D eigenvalue weighted by Crippen LogP contribution is -2.06. The minimum Gasteiger partial charge on any atom is -0.454 e. The molecule has 19 heavy (non-hydrogen) atoms. The van der Waals surface area contributed by atoms with E-state index in [2.05, 4.69) is 24.2 Å². The summed E-state index contributed by atoms with van der Waals surface area (Å²) in [5.41, 5.74) is 8.46. The number of nitrogens with zero attached hydrogens (tertiary/aromatic N) is 3. The topological polar surface area (TPSA) is 75.2 Å². The number of rotatable bonds is 3. The third-order valence-corrected chi connectivity index (χ3v) is 3.09. The van der Waals surface area contributed by atoms with E-state index < -0.39 is 0 Å². The molecule has 0 aliphatic carbocycles. The summed E-state index contributed by atoms with van der Waals surface area (Å²) in [7, 11) is 0. The SMILES string of the molecule is CC(C)n1nnc(CN)c1-c1ccc2c(c1)OCO2. The van der Waals surface area contributed by atoms with E-state index in [1.165, 1.54) is 0 Å². The number of benzene rings is 1. The van der Waals surface area contributed by atoms with E-state index in [9.17, 15) is 0 Å². The van der Waals surface area contributed by atoms with Crippen LogP contribution < -0.4 is 15.2 Å². The van der Waals surface area contributed by atoms with Crippen LogP contribution in [0.1, 0.15) is 25.6 Å². The maximum absolute atomic E-state index is 5.74. The lowest BCUT2D eigenvalue weighted by Gasteiger charge is -2.11. The molecule has 1 aliphatic heterocycles. The summed E-state index contributed by atoms with van der Waals surface area (Å²) in [6.45, 7) is 4.75. The van der Waals surface area contributed by atoms with Crippen molar-refractivity contribution in [3.05, 3.63) is 23.9 Å². The summed E-state index contributed by atoms with van der Waals surface area (Å²) in [5, 5.41) is 8.31. The second kappa shape index (κ2) is 4.55. The first-order valence-electron chi connectivity index (χ1n) is 6.25. The second-order valence-electron chi connectivity index (χ2n) is 4.70. The summed E-state index contributed by atoms with van der Waals surface area (Å²) < 4.78 is 12.6. The zero-order chi connectivity index (χ0) is 13.4. The van der Waals surface area contributed by atoms with Gasteiger partial charge in [0.15, 0.2) is 11.5 Å². The first-order chi connectivity index (χ1) is 9.20. The van der Waals surface area contributed by atoms with Crippen molar-refractivity contribution in [2.45, 2.75) is 26.4 Å². The summed E-state index contributed by atoms with van der Waals surface area (Å²) in [6, 6.07) is 6.03. The lowest BCUT2D eigenvalue weighted by molar-refractivity contribution is 0.174. The van der Waals surface area contributed by atoms with Crippen molar-refractivity contribution in [1.29, 1.82) is 0 Å². The van der Waals surface area contributed by atoms with Crippen molar-refractivity contribution in [2.24, 2.45) is 5.73 Å². The van der Waals surface area contributed by atoms with Gasteiger partial charge in [0.1, 0.15) is 5.69 Å². The Morgan fingerprint density at radius 1 is 1.32 bits per heavy atom. The third kappa shape index (κ3) is 1.94. The summed E-state index contributed by atoms with van der Waals surface area (Å²) >= 11 is 0. The Kier molecular flexibility index (Phi) is 2.87. The molecule has 0 unspecified atom stereocenters. The van der Waals surface area contributed by atoms with Gasteiger partial charge in [-0.05, 0) is 32.0 Å². The maximum Gasteiger partial charge on any atom is 0.231 e. The Morgan fingerprint density at radius 2 is 2.11 bits per heavy atom. The molecule has 6 nitrogen and oxygen atoms in total. The molecule has 3 rings (SSSR count). The highest BCUT2D eigenvalue weighted by molar-refractivity contribution is 5.66. The summed E-state index contributed by atoms with van der Waals surface area (Å²) in [6.07, 6.45) is 0. The average Bonchev–Trinajstić information content (AvgIpc) is 3.03. The Labute approximate surface area is 111 Å². The van der Waals surface area contributed by atoms with Crippen LogP contribution in [0.2, 0.25) is 0 Å². The van der Waals surface area contributed by atoms with Gasteiger partial charge in [-0.25, -0.2) is 4.68 Å². The Hall–Kier alpha value is -2.08. The van der Waals surface area contributed by atoms with Gasteiger partial charge in [0, 0.05) is 18.2 Å². The molecule has 2 N–H and O–H groups in total.